The average molecular weight is 596 g/mol. The van der Waals surface area contributed by atoms with Crippen LogP contribution in [0.4, 0.5) is 5.69 Å². The summed E-state index contributed by atoms with van der Waals surface area (Å²) >= 11 is 0. The first kappa shape index (κ1) is 29.9. The molecule has 2 aromatic carbocycles. The van der Waals surface area contributed by atoms with Gasteiger partial charge in [-0.05, 0) is 74.8 Å². The molecular formula is C35H41N5O4. The zero-order valence-corrected chi connectivity index (χ0v) is 25.1. The molecule has 4 amide bonds. The Kier molecular flexibility index (Phi) is 9.27. The summed E-state index contributed by atoms with van der Waals surface area (Å²) in [6, 6.07) is 16.0. The fraction of sp³-hybridized carbons (Fsp3) is 0.486. The van der Waals surface area contributed by atoms with Crippen molar-refractivity contribution < 1.29 is 19.2 Å². The molecule has 6 rings (SSSR count). The van der Waals surface area contributed by atoms with Gasteiger partial charge in [-0.2, -0.15) is 0 Å². The summed E-state index contributed by atoms with van der Waals surface area (Å²) in [5.41, 5.74) is 3.49. The van der Waals surface area contributed by atoms with Gasteiger partial charge in [-0.3, -0.25) is 24.5 Å². The predicted octanol–water partition coefficient (Wildman–Crippen LogP) is 3.12. The lowest BCUT2D eigenvalue weighted by Crippen LogP contribution is -2.52. The highest BCUT2D eigenvalue weighted by Gasteiger charge is 2.39. The van der Waals surface area contributed by atoms with Gasteiger partial charge in [0.2, 0.25) is 17.7 Å². The van der Waals surface area contributed by atoms with Crippen molar-refractivity contribution >= 4 is 29.3 Å². The first-order valence-electron chi connectivity index (χ1n) is 16.1. The SMILES string of the molecule is O=C1CCC(N2Cc3c(C#CCCNC4CCC(NC(=O)C5CCN(c6ccccc6)CC5)CC4)cccc3C2=O)C(=O)N1. The summed E-state index contributed by atoms with van der Waals surface area (Å²) in [4.78, 5) is 53.8. The van der Waals surface area contributed by atoms with Crippen LogP contribution in [-0.2, 0) is 20.9 Å². The van der Waals surface area contributed by atoms with Gasteiger partial charge in [-0.25, -0.2) is 0 Å². The third-order valence-electron chi connectivity index (χ3n) is 9.55. The molecule has 1 atom stereocenters. The smallest absolute Gasteiger partial charge is 0.255 e. The van der Waals surface area contributed by atoms with Gasteiger partial charge in [0.1, 0.15) is 6.04 Å². The highest BCUT2D eigenvalue weighted by molar-refractivity contribution is 6.05. The van der Waals surface area contributed by atoms with E-state index < -0.39 is 11.9 Å². The third kappa shape index (κ3) is 6.81. The van der Waals surface area contributed by atoms with Crippen LogP contribution in [0.5, 0.6) is 0 Å². The molecule has 230 valence electrons. The molecule has 0 aromatic heterocycles. The second-order valence-corrected chi connectivity index (χ2v) is 12.4. The molecule has 44 heavy (non-hydrogen) atoms. The summed E-state index contributed by atoms with van der Waals surface area (Å²) in [5.74, 6) is 5.95. The normalized spacial score (nSPS) is 23.9. The van der Waals surface area contributed by atoms with E-state index in [0.717, 1.165) is 69.3 Å². The molecule has 3 heterocycles. The first-order valence-corrected chi connectivity index (χ1v) is 16.1. The van der Waals surface area contributed by atoms with Crippen LogP contribution in [0.2, 0.25) is 0 Å². The Morgan fingerprint density at radius 1 is 0.886 bits per heavy atom. The Labute approximate surface area is 259 Å². The number of nitrogens with one attached hydrogen (secondary N) is 3. The van der Waals surface area contributed by atoms with E-state index in [1.54, 1.807) is 11.0 Å². The van der Waals surface area contributed by atoms with Gasteiger partial charge in [0.15, 0.2) is 0 Å². The van der Waals surface area contributed by atoms with Crippen molar-refractivity contribution in [2.24, 2.45) is 5.92 Å². The zero-order chi connectivity index (χ0) is 30.5. The molecule has 3 fully saturated rings. The molecule has 0 radical (unpaired) electrons. The topological polar surface area (TPSA) is 111 Å². The van der Waals surface area contributed by atoms with Crippen molar-refractivity contribution in [3.05, 3.63) is 65.2 Å². The molecule has 2 aromatic rings. The number of imide groups is 1. The Hall–Kier alpha value is -4.16. The van der Waals surface area contributed by atoms with E-state index in [2.05, 4.69) is 57.0 Å². The second-order valence-electron chi connectivity index (χ2n) is 12.4. The van der Waals surface area contributed by atoms with Gasteiger partial charge in [0, 0.05) is 73.8 Å². The minimum atomic E-state index is -0.626. The van der Waals surface area contributed by atoms with Crippen molar-refractivity contribution in [2.75, 3.05) is 24.5 Å². The Bertz CT molecular complexity index is 1450. The first-order chi connectivity index (χ1) is 21.5. The molecule has 1 unspecified atom stereocenters. The van der Waals surface area contributed by atoms with E-state index in [4.69, 9.17) is 0 Å². The maximum absolute atomic E-state index is 13.0. The van der Waals surface area contributed by atoms with Crippen molar-refractivity contribution in [3.63, 3.8) is 0 Å². The summed E-state index contributed by atoms with van der Waals surface area (Å²) in [7, 11) is 0. The molecule has 3 N–H and O–H groups in total. The van der Waals surface area contributed by atoms with Gasteiger partial charge in [-0.15, -0.1) is 0 Å². The number of fused-ring (bicyclic) bond motifs is 1. The Morgan fingerprint density at radius 2 is 1.64 bits per heavy atom. The summed E-state index contributed by atoms with van der Waals surface area (Å²) in [6.07, 6.45) is 7.13. The number of rotatable bonds is 7. The van der Waals surface area contributed by atoms with E-state index in [-0.39, 0.29) is 36.1 Å². The number of benzene rings is 2. The van der Waals surface area contributed by atoms with E-state index in [1.165, 1.54) is 5.69 Å². The zero-order valence-electron chi connectivity index (χ0n) is 25.1. The lowest BCUT2D eigenvalue weighted by molar-refractivity contribution is -0.137. The largest absolute Gasteiger partial charge is 0.371 e. The maximum Gasteiger partial charge on any atom is 0.255 e. The number of anilines is 1. The predicted molar refractivity (Wildman–Crippen MR) is 168 cm³/mol. The third-order valence-corrected chi connectivity index (χ3v) is 9.55. The summed E-state index contributed by atoms with van der Waals surface area (Å²) in [5, 5.41) is 9.31. The molecule has 9 nitrogen and oxygen atoms in total. The number of carbonyl (C=O) groups is 4. The second kappa shape index (κ2) is 13.6. The van der Waals surface area contributed by atoms with Crippen LogP contribution in [0.25, 0.3) is 0 Å². The highest BCUT2D eigenvalue weighted by atomic mass is 16.2. The minimum absolute atomic E-state index is 0.105. The van der Waals surface area contributed by atoms with Crippen LogP contribution in [0.15, 0.2) is 48.5 Å². The quantitative estimate of drug-likeness (QED) is 0.258. The lowest BCUT2D eigenvalue weighted by atomic mass is 9.89. The van der Waals surface area contributed by atoms with Crippen molar-refractivity contribution in [1.29, 1.82) is 0 Å². The van der Waals surface area contributed by atoms with Crippen molar-refractivity contribution in [2.45, 2.75) is 82.5 Å². The molecule has 3 aliphatic heterocycles. The van der Waals surface area contributed by atoms with Gasteiger partial charge in [-0.1, -0.05) is 36.1 Å². The number of hydrogen-bond acceptors (Lipinski definition) is 6. The number of piperidine rings is 2. The van der Waals surface area contributed by atoms with Gasteiger partial charge < -0.3 is 20.4 Å². The monoisotopic (exact) mass is 595 g/mol. The Balaban J connectivity index is 0.907. The number of carbonyl (C=O) groups excluding carboxylic acids is 4. The van der Waals surface area contributed by atoms with Gasteiger partial charge in [0.05, 0.1) is 0 Å². The standard InChI is InChI=1S/C35H41N5O4/c41-32-17-16-31(34(43)38-32)40-23-30-24(8-6-11-29(30)35(40)44)7-4-5-20-36-26-12-14-27(15-13-26)37-33(42)25-18-21-39(22-19-25)28-9-2-1-3-10-28/h1-3,6,8-11,25-27,31,36H,5,12-23H2,(H,37,42)(H,38,41,43). The molecule has 0 spiro atoms. The molecule has 4 aliphatic rings. The molecule has 2 saturated heterocycles. The summed E-state index contributed by atoms with van der Waals surface area (Å²) < 4.78 is 0. The van der Waals surface area contributed by atoms with Crippen molar-refractivity contribution in [1.82, 2.24) is 20.9 Å². The van der Waals surface area contributed by atoms with Crippen molar-refractivity contribution in [3.8, 4) is 11.8 Å². The van der Waals surface area contributed by atoms with Crippen LogP contribution >= 0.6 is 0 Å². The summed E-state index contributed by atoms with van der Waals surface area (Å²) in [6.45, 7) is 2.96. The van der Waals surface area contributed by atoms with Crippen LogP contribution in [0.1, 0.15) is 79.3 Å². The number of hydrogen-bond donors (Lipinski definition) is 3. The minimum Gasteiger partial charge on any atom is -0.371 e. The number of amides is 4. The van der Waals surface area contributed by atoms with Crippen LogP contribution in [0.3, 0.4) is 0 Å². The van der Waals surface area contributed by atoms with E-state index in [9.17, 15) is 19.2 Å². The van der Waals surface area contributed by atoms with Crippen LogP contribution < -0.4 is 20.9 Å². The fourth-order valence-electron chi connectivity index (χ4n) is 7.00. The number of para-hydroxylation sites is 1. The average Bonchev–Trinajstić information content (AvgIpc) is 3.38. The molecule has 1 saturated carbocycles. The van der Waals surface area contributed by atoms with Crippen LogP contribution in [0, 0.1) is 17.8 Å². The molecule has 1 aliphatic carbocycles. The van der Waals surface area contributed by atoms with E-state index in [1.807, 2.05) is 18.2 Å². The Morgan fingerprint density at radius 3 is 2.39 bits per heavy atom. The maximum atomic E-state index is 13.0. The van der Waals surface area contributed by atoms with Crippen LogP contribution in [-0.4, -0.2) is 66.3 Å². The fourth-order valence-corrected chi connectivity index (χ4v) is 7.00. The van der Waals surface area contributed by atoms with Gasteiger partial charge >= 0.3 is 0 Å². The van der Waals surface area contributed by atoms with E-state index >= 15 is 0 Å². The lowest BCUT2D eigenvalue weighted by Gasteiger charge is -2.35. The molecule has 9 heteroatoms. The van der Waals surface area contributed by atoms with Gasteiger partial charge in [0.25, 0.3) is 5.91 Å². The number of nitrogens with zero attached hydrogens (tertiary/aromatic N) is 2. The highest BCUT2D eigenvalue weighted by Crippen LogP contribution is 2.30. The van der Waals surface area contributed by atoms with E-state index in [0.29, 0.717) is 31.0 Å². The molecular weight excluding hydrogens is 554 g/mol. The molecule has 0 bridgehead atoms.